The van der Waals surface area contributed by atoms with Crippen LogP contribution in [0.2, 0.25) is 5.02 Å². The average molecular weight is 266 g/mol. The van der Waals surface area contributed by atoms with E-state index in [1.54, 1.807) is 18.2 Å². The Kier molecular flexibility index (Phi) is 2.74. The number of carbonyl (C=O) groups is 1. The van der Waals surface area contributed by atoms with Crippen molar-refractivity contribution in [2.75, 3.05) is 0 Å². The molecule has 94 valence electrons. The van der Waals surface area contributed by atoms with Gasteiger partial charge < -0.3 is 9.52 Å². The predicted molar refractivity (Wildman–Crippen MR) is 66.7 cm³/mol. The molecule has 1 fully saturated rings. The zero-order chi connectivity index (χ0) is 12.7. The number of oxazole rings is 1. The first-order chi connectivity index (χ1) is 8.63. The van der Waals surface area contributed by atoms with Crippen molar-refractivity contribution < 1.29 is 14.3 Å². The number of nitrogens with zero attached hydrogens (tertiary/aromatic N) is 1. The molecule has 1 aliphatic rings. The van der Waals surface area contributed by atoms with Crippen LogP contribution in [0.1, 0.15) is 31.1 Å². The highest BCUT2D eigenvalue weighted by Gasteiger charge is 2.33. The summed E-state index contributed by atoms with van der Waals surface area (Å²) in [7, 11) is 0. The Hall–Kier alpha value is -1.55. The van der Waals surface area contributed by atoms with E-state index < -0.39 is 5.97 Å². The van der Waals surface area contributed by atoms with Crippen LogP contribution >= 0.6 is 11.6 Å². The Morgan fingerprint density at radius 2 is 2.28 bits per heavy atom. The Bertz CT molecular complexity index is 607. The predicted octanol–water partition coefficient (Wildman–Crippen LogP) is 3.45. The number of rotatable bonds is 2. The van der Waals surface area contributed by atoms with Gasteiger partial charge in [0.25, 0.3) is 0 Å². The molecule has 1 heterocycles. The highest BCUT2D eigenvalue weighted by molar-refractivity contribution is 6.31. The fraction of sp³-hybridized carbons (Fsp3) is 0.385. The molecule has 1 saturated carbocycles. The number of hydrogen-bond acceptors (Lipinski definition) is 3. The van der Waals surface area contributed by atoms with E-state index in [1.807, 2.05) is 0 Å². The number of carboxylic acids is 1. The third kappa shape index (κ3) is 1.97. The molecular formula is C13H12ClNO3. The molecule has 2 atom stereocenters. The average Bonchev–Trinajstić information content (AvgIpc) is 2.93. The van der Waals surface area contributed by atoms with Crippen molar-refractivity contribution in [3.8, 4) is 0 Å². The van der Waals surface area contributed by atoms with Crippen molar-refractivity contribution in [2.45, 2.75) is 25.2 Å². The quantitative estimate of drug-likeness (QED) is 0.903. The fourth-order valence-electron chi connectivity index (χ4n) is 2.52. The fourth-order valence-corrected chi connectivity index (χ4v) is 2.69. The van der Waals surface area contributed by atoms with Gasteiger partial charge in [0.2, 0.25) is 0 Å². The number of aromatic nitrogens is 1. The van der Waals surface area contributed by atoms with Crippen LogP contribution in [0.4, 0.5) is 0 Å². The van der Waals surface area contributed by atoms with Gasteiger partial charge in [0.15, 0.2) is 11.5 Å². The molecular weight excluding hydrogens is 254 g/mol. The monoisotopic (exact) mass is 265 g/mol. The highest BCUT2D eigenvalue weighted by atomic mass is 35.5. The second-order valence-corrected chi connectivity index (χ2v) is 5.15. The van der Waals surface area contributed by atoms with E-state index in [-0.39, 0.29) is 11.8 Å². The maximum Gasteiger partial charge on any atom is 0.306 e. The molecule has 0 saturated heterocycles. The molecule has 0 amide bonds. The molecule has 5 heteroatoms. The smallest absolute Gasteiger partial charge is 0.306 e. The molecule has 18 heavy (non-hydrogen) atoms. The zero-order valence-electron chi connectivity index (χ0n) is 9.60. The van der Waals surface area contributed by atoms with Gasteiger partial charge in [0.1, 0.15) is 5.52 Å². The maximum atomic E-state index is 10.9. The molecule has 1 aromatic heterocycles. The molecule has 4 nitrogen and oxygen atoms in total. The van der Waals surface area contributed by atoms with Crippen molar-refractivity contribution in [1.29, 1.82) is 0 Å². The molecule has 3 rings (SSSR count). The highest BCUT2D eigenvalue weighted by Crippen LogP contribution is 2.39. The van der Waals surface area contributed by atoms with Crippen LogP contribution in [0.5, 0.6) is 0 Å². The van der Waals surface area contributed by atoms with E-state index >= 15 is 0 Å². The largest absolute Gasteiger partial charge is 0.481 e. The Morgan fingerprint density at radius 1 is 1.44 bits per heavy atom. The lowest BCUT2D eigenvalue weighted by Crippen LogP contribution is -2.09. The van der Waals surface area contributed by atoms with Crippen LogP contribution in [-0.4, -0.2) is 16.1 Å². The second kappa shape index (κ2) is 4.28. The van der Waals surface area contributed by atoms with Crippen LogP contribution in [0.15, 0.2) is 22.6 Å². The van der Waals surface area contributed by atoms with Gasteiger partial charge in [0.05, 0.1) is 5.92 Å². The molecule has 1 N–H and O–H groups in total. The lowest BCUT2D eigenvalue weighted by Gasteiger charge is -2.03. The van der Waals surface area contributed by atoms with Gasteiger partial charge in [-0.05, 0) is 37.5 Å². The van der Waals surface area contributed by atoms with Crippen LogP contribution < -0.4 is 0 Å². The van der Waals surface area contributed by atoms with Gasteiger partial charge in [-0.2, -0.15) is 0 Å². The minimum absolute atomic E-state index is 0.109. The lowest BCUT2D eigenvalue weighted by molar-refractivity contribution is -0.141. The summed E-state index contributed by atoms with van der Waals surface area (Å²) in [5.74, 6) is -0.251. The van der Waals surface area contributed by atoms with Crippen LogP contribution in [0, 0.1) is 5.92 Å². The van der Waals surface area contributed by atoms with Crippen molar-refractivity contribution in [2.24, 2.45) is 5.92 Å². The SMILES string of the molecule is O=C(O)C1CCC(c2nc3cc(Cl)ccc3o2)C1. The molecule has 2 aromatic rings. The summed E-state index contributed by atoms with van der Waals surface area (Å²) >= 11 is 5.89. The molecule has 0 spiro atoms. The van der Waals surface area contributed by atoms with E-state index in [9.17, 15) is 4.79 Å². The summed E-state index contributed by atoms with van der Waals surface area (Å²) < 4.78 is 5.67. The normalized spacial score (nSPS) is 23.6. The lowest BCUT2D eigenvalue weighted by atomic mass is 10.1. The number of carboxylic acid groups (broad SMARTS) is 1. The Labute approximate surface area is 109 Å². The third-order valence-corrected chi connectivity index (χ3v) is 3.73. The third-order valence-electron chi connectivity index (χ3n) is 3.50. The molecule has 0 aliphatic heterocycles. The number of aliphatic carboxylic acids is 1. The number of hydrogen-bond donors (Lipinski definition) is 1. The zero-order valence-corrected chi connectivity index (χ0v) is 10.4. The Morgan fingerprint density at radius 3 is 3.00 bits per heavy atom. The van der Waals surface area contributed by atoms with Gasteiger partial charge in [0, 0.05) is 10.9 Å². The summed E-state index contributed by atoms with van der Waals surface area (Å²) in [4.78, 5) is 15.3. The first kappa shape index (κ1) is 11.5. The number of fused-ring (bicyclic) bond motifs is 1. The van der Waals surface area contributed by atoms with Crippen LogP contribution in [0.3, 0.4) is 0 Å². The summed E-state index contributed by atoms with van der Waals surface area (Å²) in [6.45, 7) is 0. The Balaban J connectivity index is 1.89. The van der Waals surface area contributed by atoms with Gasteiger partial charge in [-0.3, -0.25) is 4.79 Å². The molecule has 0 radical (unpaired) electrons. The van der Waals surface area contributed by atoms with Gasteiger partial charge >= 0.3 is 5.97 Å². The van der Waals surface area contributed by atoms with Crippen molar-refractivity contribution in [1.82, 2.24) is 4.98 Å². The summed E-state index contributed by atoms with van der Waals surface area (Å²) in [6.07, 6.45) is 2.12. The maximum absolute atomic E-state index is 10.9. The van der Waals surface area contributed by atoms with Crippen molar-refractivity contribution in [3.63, 3.8) is 0 Å². The van der Waals surface area contributed by atoms with Gasteiger partial charge in [-0.15, -0.1) is 0 Å². The van der Waals surface area contributed by atoms with E-state index in [0.29, 0.717) is 29.3 Å². The molecule has 1 aliphatic carbocycles. The number of benzene rings is 1. The van der Waals surface area contributed by atoms with Gasteiger partial charge in [-0.1, -0.05) is 11.6 Å². The van der Waals surface area contributed by atoms with Crippen LogP contribution in [0.25, 0.3) is 11.1 Å². The summed E-state index contributed by atoms with van der Waals surface area (Å²) in [5.41, 5.74) is 1.43. The van der Waals surface area contributed by atoms with E-state index in [4.69, 9.17) is 21.1 Å². The van der Waals surface area contributed by atoms with Gasteiger partial charge in [-0.25, -0.2) is 4.98 Å². The first-order valence-electron chi connectivity index (χ1n) is 5.92. The van der Waals surface area contributed by atoms with Crippen molar-refractivity contribution in [3.05, 3.63) is 29.1 Å². The topological polar surface area (TPSA) is 63.3 Å². The second-order valence-electron chi connectivity index (χ2n) is 4.71. The molecule has 2 unspecified atom stereocenters. The molecule has 1 aromatic carbocycles. The van der Waals surface area contributed by atoms with E-state index in [2.05, 4.69) is 4.98 Å². The van der Waals surface area contributed by atoms with Crippen LogP contribution in [-0.2, 0) is 4.79 Å². The summed E-state index contributed by atoms with van der Waals surface area (Å²) in [6, 6.07) is 5.30. The van der Waals surface area contributed by atoms with E-state index in [0.717, 1.165) is 11.9 Å². The standard InChI is InChI=1S/C13H12ClNO3/c14-9-3-4-11-10(6-9)15-12(18-11)7-1-2-8(5-7)13(16)17/h3-4,6-8H,1-2,5H2,(H,16,17). The minimum atomic E-state index is -0.725. The van der Waals surface area contributed by atoms with E-state index in [1.165, 1.54) is 0 Å². The van der Waals surface area contributed by atoms with Crippen molar-refractivity contribution >= 4 is 28.7 Å². The molecule has 0 bridgehead atoms. The number of halogens is 1. The minimum Gasteiger partial charge on any atom is -0.481 e. The first-order valence-corrected chi connectivity index (χ1v) is 6.30. The summed E-state index contributed by atoms with van der Waals surface area (Å²) in [5, 5.41) is 9.61.